The third kappa shape index (κ3) is 4.43. The summed E-state index contributed by atoms with van der Waals surface area (Å²) in [6.45, 7) is 9.41. The number of hydrogen-bond donors (Lipinski definition) is 1. The van der Waals surface area contributed by atoms with E-state index >= 15 is 0 Å². The number of nitrogen functional groups attached to an aromatic ring is 1. The Hall–Kier alpha value is -1.82. The molecule has 0 saturated carbocycles. The van der Waals surface area contributed by atoms with Crippen molar-refractivity contribution >= 4 is 35.9 Å². The van der Waals surface area contributed by atoms with E-state index in [9.17, 15) is 4.79 Å². The first-order valence-electron chi connectivity index (χ1n) is 7.91. The fourth-order valence-electron chi connectivity index (χ4n) is 2.23. The van der Waals surface area contributed by atoms with Gasteiger partial charge in [0.05, 0.1) is 16.8 Å². The lowest BCUT2D eigenvalue weighted by Crippen LogP contribution is -2.41. The van der Waals surface area contributed by atoms with Crippen LogP contribution in [0.3, 0.4) is 0 Å². The van der Waals surface area contributed by atoms with E-state index in [0.29, 0.717) is 16.9 Å². The molecule has 0 aromatic carbocycles. The Morgan fingerprint density at radius 2 is 2.00 bits per heavy atom. The normalized spacial score (nSPS) is 18.9. The van der Waals surface area contributed by atoms with E-state index in [4.69, 9.17) is 20.3 Å². The second-order valence-electron chi connectivity index (χ2n) is 6.90. The Bertz CT molecular complexity index is 740. The average Bonchev–Trinajstić information content (AvgIpc) is 2.73. The second-order valence-corrected chi connectivity index (χ2v) is 8.05. The molecule has 25 heavy (non-hydrogen) atoms. The molecule has 1 aromatic heterocycles. The molecule has 132 valence electrons. The molecular weight excluding hydrogens is 337 g/mol. The molecular formula is C17H22BN3O3S. The predicted molar refractivity (Wildman–Crippen MR) is 101 cm³/mol. The van der Waals surface area contributed by atoms with Crippen LogP contribution in [0.5, 0.6) is 0 Å². The van der Waals surface area contributed by atoms with Crippen LogP contribution in [0.15, 0.2) is 17.7 Å². The average molecular weight is 359 g/mol. The first-order chi connectivity index (χ1) is 11.6. The summed E-state index contributed by atoms with van der Waals surface area (Å²) in [5.74, 6) is 0.619. The minimum Gasteiger partial charge on any atom is -0.400 e. The molecule has 2 N–H and O–H groups in total. The minimum atomic E-state index is -0.570. The number of nitrogens with two attached hydrogens (primary N) is 1. The number of anilines is 1. The summed E-state index contributed by atoms with van der Waals surface area (Å²) >= 11 is 1.18. The van der Waals surface area contributed by atoms with Gasteiger partial charge in [-0.15, -0.1) is 0 Å². The van der Waals surface area contributed by atoms with Gasteiger partial charge in [0.15, 0.2) is 5.12 Å². The summed E-state index contributed by atoms with van der Waals surface area (Å²) in [6.07, 6.45) is 3.42. The van der Waals surface area contributed by atoms with Gasteiger partial charge in [-0.1, -0.05) is 17.8 Å². The highest BCUT2D eigenvalue weighted by Crippen LogP contribution is 2.39. The fraction of sp³-hybridized carbons (Fsp3) is 0.471. The molecule has 0 radical (unpaired) electrons. The summed E-state index contributed by atoms with van der Waals surface area (Å²) in [6, 6.07) is 3.67. The second kappa shape index (κ2) is 7.20. The van der Waals surface area contributed by atoms with Crippen LogP contribution in [-0.2, 0) is 14.1 Å². The van der Waals surface area contributed by atoms with E-state index in [2.05, 4.69) is 4.98 Å². The highest BCUT2D eigenvalue weighted by atomic mass is 32.2. The van der Waals surface area contributed by atoms with Crippen LogP contribution in [-0.4, -0.2) is 34.2 Å². The summed E-state index contributed by atoms with van der Waals surface area (Å²) < 4.78 is 12.2. The summed E-state index contributed by atoms with van der Waals surface area (Å²) in [5, 5.41) is 9.12. The summed E-state index contributed by atoms with van der Waals surface area (Å²) in [5.41, 5.74) is 6.53. The maximum Gasteiger partial charge on any atom is 0.491 e. The standard InChI is InChI=1S/C17H22BN3O3S/c1-11(22)25-10-14(18-23-16(2,3)17(4,5)24-18)7-12-6-13(8-19)15(20)21-9-12/h6-7,9H,10H2,1-5H3,(H2,20,21). The molecule has 1 aliphatic heterocycles. The molecule has 0 bridgehead atoms. The summed E-state index contributed by atoms with van der Waals surface area (Å²) in [7, 11) is -0.570. The topological polar surface area (TPSA) is 98.2 Å². The molecule has 2 heterocycles. The number of nitriles is 1. The lowest BCUT2D eigenvalue weighted by Gasteiger charge is -2.32. The Kier molecular flexibility index (Phi) is 5.62. The lowest BCUT2D eigenvalue weighted by atomic mass is 9.78. The SMILES string of the molecule is CC(=O)SCC(=Cc1cnc(N)c(C#N)c1)B1OC(C)(C)C(C)(C)O1. The van der Waals surface area contributed by atoms with Gasteiger partial charge in [-0.3, -0.25) is 4.79 Å². The summed E-state index contributed by atoms with van der Waals surface area (Å²) in [4.78, 5) is 15.4. The van der Waals surface area contributed by atoms with Crippen molar-refractivity contribution in [3.63, 3.8) is 0 Å². The Balaban J connectivity index is 2.37. The lowest BCUT2D eigenvalue weighted by molar-refractivity contribution is -0.109. The molecule has 0 amide bonds. The van der Waals surface area contributed by atoms with Gasteiger partial charge in [-0.25, -0.2) is 4.98 Å². The van der Waals surface area contributed by atoms with Crippen LogP contribution in [0.2, 0.25) is 0 Å². The van der Waals surface area contributed by atoms with Crippen LogP contribution in [0.1, 0.15) is 45.7 Å². The zero-order valence-corrected chi connectivity index (χ0v) is 15.9. The Morgan fingerprint density at radius 3 is 2.52 bits per heavy atom. The number of aromatic nitrogens is 1. The maximum absolute atomic E-state index is 11.4. The van der Waals surface area contributed by atoms with Crippen molar-refractivity contribution in [3.05, 3.63) is 28.9 Å². The number of rotatable bonds is 4. The molecule has 1 fully saturated rings. The van der Waals surface area contributed by atoms with Crippen molar-refractivity contribution in [1.82, 2.24) is 4.98 Å². The van der Waals surface area contributed by atoms with E-state index < -0.39 is 18.3 Å². The maximum atomic E-state index is 11.4. The monoisotopic (exact) mass is 359 g/mol. The number of pyridine rings is 1. The molecule has 6 nitrogen and oxygen atoms in total. The van der Waals surface area contributed by atoms with Crippen molar-refractivity contribution in [2.75, 3.05) is 11.5 Å². The van der Waals surface area contributed by atoms with E-state index in [0.717, 1.165) is 5.47 Å². The molecule has 8 heteroatoms. The predicted octanol–water partition coefficient (Wildman–Crippen LogP) is 2.83. The van der Waals surface area contributed by atoms with Crippen molar-refractivity contribution in [2.45, 2.75) is 45.8 Å². The molecule has 1 saturated heterocycles. The largest absolute Gasteiger partial charge is 0.491 e. The molecule has 1 aliphatic rings. The van der Waals surface area contributed by atoms with Crippen LogP contribution in [0, 0.1) is 11.3 Å². The van der Waals surface area contributed by atoms with Crippen LogP contribution in [0.4, 0.5) is 5.82 Å². The molecule has 2 rings (SSSR count). The first-order valence-corrected chi connectivity index (χ1v) is 8.89. The van der Waals surface area contributed by atoms with Crippen molar-refractivity contribution in [1.29, 1.82) is 5.26 Å². The van der Waals surface area contributed by atoms with Gasteiger partial charge in [0.2, 0.25) is 0 Å². The van der Waals surface area contributed by atoms with Gasteiger partial charge in [0.1, 0.15) is 11.9 Å². The van der Waals surface area contributed by atoms with Gasteiger partial charge in [0, 0.05) is 18.9 Å². The smallest absolute Gasteiger partial charge is 0.400 e. The number of carbonyl (C=O) groups is 1. The number of nitrogens with zero attached hydrogens (tertiary/aromatic N) is 2. The molecule has 0 unspecified atom stereocenters. The number of hydrogen-bond acceptors (Lipinski definition) is 7. The van der Waals surface area contributed by atoms with Crippen molar-refractivity contribution in [2.24, 2.45) is 0 Å². The van der Waals surface area contributed by atoms with Gasteiger partial charge < -0.3 is 15.0 Å². The molecule has 1 aromatic rings. The van der Waals surface area contributed by atoms with Crippen LogP contribution < -0.4 is 5.73 Å². The molecule has 0 spiro atoms. The highest BCUT2D eigenvalue weighted by Gasteiger charge is 2.52. The highest BCUT2D eigenvalue weighted by molar-refractivity contribution is 8.13. The Labute approximate surface area is 152 Å². The quantitative estimate of drug-likeness (QED) is 0.826. The minimum absolute atomic E-state index is 0.00978. The van der Waals surface area contributed by atoms with Gasteiger partial charge in [0.25, 0.3) is 0 Å². The van der Waals surface area contributed by atoms with Gasteiger partial charge in [-0.2, -0.15) is 5.26 Å². The fourth-order valence-corrected chi connectivity index (χ4v) is 2.82. The third-order valence-corrected chi connectivity index (χ3v) is 5.29. The van der Waals surface area contributed by atoms with Gasteiger partial charge >= 0.3 is 7.12 Å². The molecule has 0 aliphatic carbocycles. The van der Waals surface area contributed by atoms with Crippen molar-refractivity contribution in [3.8, 4) is 6.07 Å². The van der Waals surface area contributed by atoms with E-state index in [1.165, 1.54) is 18.7 Å². The zero-order valence-electron chi connectivity index (χ0n) is 15.1. The van der Waals surface area contributed by atoms with E-state index in [1.807, 2.05) is 39.8 Å². The first kappa shape index (κ1) is 19.5. The van der Waals surface area contributed by atoms with Crippen molar-refractivity contribution < 1.29 is 14.1 Å². The van der Waals surface area contributed by atoms with Crippen LogP contribution >= 0.6 is 11.8 Å². The van der Waals surface area contributed by atoms with Crippen LogP contribution in [0.25, 0.3) is 6.08 Å². The Morgan fingerprint density at radius 1 is 1.40 bits per heavy atom. The third-order valence-electron chi connectivity index (χ3n) is 4.41. The number of thioether (sulfide) groups is 1. The number of carbonyl (C=O) groups excluding carboxylic acids is 1. The van der Waals surface area contributed by atoms with E-state index in [1.54, 1.807) is 12.3 Å². The van der Waals surface area contributed by atoms with E-state index in [-0.39, 0.29) is 10.9 Å². The van der Waals surface area contributed by atoms with Gasteiger partial charge in [-0.05, 0) is 44.8 Å². The zero-order chi connectivity index (χ0) is 18.8. The molecule has 0 atom stereocenters.